The molecular formula is C13H16N2O3S2. The number of thiophene rings is 1. The molecule has 0 radical (unpaired) electrons. The van der Waals surface area contributed by atoms with Crippen molar-refractivity contribution in [2.24, 2.45) is 0 Å². The number of nitrogens with zero attached hydrogens (tertiary/aromatic N) is 1. The van der Waals surface area contributed by atoms with Gasteiger partial charge in [-0.25, -0.2) is 9.59 Å². The molecule has 1 aromatic heterocycles. The highest BCUT2D eigenvalue weighted by Crippen LogP contribution is 2.33. The van der Waals surface area contributed by atoms with Crippen LogP contribution in [0, 0.1) is 0 Å². The van der Waals surface area contributed by atoms with Gasteiger partial charge in [0.05, 0.1) is 11.9 Å². The van der Waals surface area contributed by atoms with E-state index in [0.29, 0.717) is 11.6 Å². The van der Waals surface area contributed by atoms with E-state index in [1.165, 1.54) is 27.1 Å². The van der Waals surface area contributed by atoms with Gasteiger partial charge in [0.25, 0.3) is 0 Å². The van der Waals surface area contributed by atoms with Gasteiger partial charge in [-0.2, -0.15) is 0 Å². The summed E-state index contributed by atoms with van der Waals surface area (Å²) in [7, 11) is 0. The van der Waals surface area contributed by atoms with Gasteiger partial charge in [0.15, 0.2) is 0 Å². The molecule has 0 bridgehead atoms. The summed E-state index contributed by atoms with van der Waals surface area (Å²) in [6.45, 7) is 0. The molecule has 1 fully saturated rings. The van der Waals surface area contributed by atoms with Crippen molar-refractivity contribution in [1.29, 1.82) is 0 Å². The van der Waals surface area contributed by atoms with Crippen LogP contribution >= 0.6 is 23.1 Å². The Kier molecular flexibility index (Phi) is 3.89. The van der Waals surface area contributed by atoms with E-state index in [2.05, 4.69) is 16.8 Å². The number of hydrogen-bond donors (Lipinski definition) is 2. The number of carbonyl (C=O) groups excluding carboxylic acids is 1. The first-order chi connectivity index (χ1) is 9.66. The molecule has 2 heterocycles. The van der Waals surface area contributed by atoms with Gasteiger partial charge in [-0.15, -0.1) is 23.1 Å². The Balaban J connectivity index is 1.70. The molecule has 5 nitrogen and oxygen atoms in total. The Labute approximate surface area is 125 Å². The Morgan fingerprint density at radius 3 is 3.10 bits per heavy atom. The van der Waals surface area contributed by atoms with E-state index in [1.807, 2.05) is 0 Å². The van der Waals surface area contributed by atoms with Crippen molar-refractivity contribution in [1.82, 2.24) is 10.2 Å². The van der Waals surface area contributed by atoms with E-state index >= 15 is 0 Å². The third-order valence-electron chi connectivity index (χ3n) is 3.78. The summed E-state index contributed by atoms with van der Waals surface area (Å²) >= 11 is 3.21. The van der Waals surface area contributed by atoms with Crippen molar-refractivity contribution < 1.29 is 14.7 Å². The van der Waals surface area contributed by atoms with Crippen LogP contribution in [0.1, 0.15) is 29.3 Å². The molecule has 0 spiro atoms. The lowest BCUT2D eigenvalue weighted by Gasteiger charge is -2.28. The van der Waals surface area contributed by atoms with Crippen molar-refractivity contribution in [2.45, 2.75) is 31.3 Å². The van der Waals surface area contributed by atoms with E-state index in [4.69, 9.17) is 5.11 Å². The molecule has 20 heavy (non-hydrogen) atoms. The molecule has 1 saturated heterocycles. The van der Waals surface area contributed by atoms with Crippen LogP contribution in [0.25, 0.3) is 0 Å². The number of thioether (sulfide) groups is 1. The second-order valence-electron chi connectivity index (χ2n) is 5.02. The molecule has 2 aliphatic rings. The maximum atomic E-state index is 12.3. The van der Waals surface area contributed by atoms with Gasteiger partial charge in [-0.05, 0) is 36.3 Å². The quantitative estimate of drug-likeness (QED) is 0.879. The number of carboxylic acids is 1. The average molecular weight is 312 g/mol. The Hall–Kier alpha value is -1.21. The van der Waals surface area contributed by atoms with Crippen molar-refractivity contribution in [2.75, 3.05) is 11.6 Å². The Bertz CT molecular complexity index is 531. The summed E-state index contributed by atoms with van der Waals surface area (Å²) < 4.78 is 0. The number of carbonyl (C=O) groups is 2. The maximum absolute atomic E-state index is 12.3. The first-order valence-corrected chi connectivity index (χ1v) is 8.64. The topological polar surface area (TPSA) is 69.6 Å². The molecule has 2 atom stereocenters. The van der Waals surface area contributed by atoms with E-state index in [0.717, 1.165) is 19.3 Å². The zero-order valence-electron chi connectivity index (χ0n) is 10.9. The van der Waals surface area contributed by atoms with Gasteiger partial charge in [-0.3, -0.25) is 0 Å². The minimum atomic E-state index is -0.926. The summed E-state index contributed by atoms with van der Waals surface area (Å²) in [6, 6.07) is 1.13. The predicted octanol–water partition coefficient (Wildman–Crippen LogP) is 2.29. The lowest BCUT2D eigenvalue weighted by atomic mass is 9.94. The third kappa shape index (κ3) is 2.52. The summed E-state index contributed by atoms with van der Waals surface area (Å²) in [6.07, 6.45) is 3.07. The molecular weight excluding hydrogens is 296 g/mol. The van der Waals surface area contributed by atoms with Gasteiger partial charge in [0.2, 0.25) is 0 Å². The fourth-order valence-electron chi connectivity index (χ4n) is 2.72. The van der Waals surface area contributed by atoms with Crippen molar-refractivity contribution in [3.05, 3.63) is 21.9 Å². The summed E-state index contributed by atoms with van der Waals surface area (Å²) in [5.41, 5.74) is 1.20. The van der Waals surface area contributed by atoms with Crippen LogP contribution in [0.5, 0.6) is 0 Å². The highest BCUT2D eigenvalue weighted by atomic mass is 32.2. The van der Waals surface area contributed by atoms with Crippen molar-refractivity contribution in [3.63, 3.8) is 0 Å². The number of fused-ring (bicyclic) bond motifs is 1. The maximum Gasteiger partial charge on any atom is 0.327 e. The Morgan fingerprint density at radius 2 is 2.30 bits per heavy atom. The lowest BCUT2D eigenvalue weighted by molar-refractivity contribution is -0.140. The van der Waals surface area contributed by atoms with E-state index in [9.17, 15) is 9.59 Å². The van der Waals surface area contributed by atoms with Gasteiger partial charge in [-0.1, -0.05) is 0 Å². The molecule has 2 amide bonds. The minimum absolute atomic E-state index is 0.0255. The highest BCUT2D eigenvalue weighted by Gasteiger charge is 2.36. The predicted molar refractivity (Wildman–Crippen MR) is 79.1 cm³/mol. The third-order valence-corrected chi connectivity index (χ3v) is 5.79. The zero-order chi connectivity index (χ0) is 14.1. The number of hydrogen-bond acceptors (Lipinski definition) is 4. The number of aliphatic carboxylic acids is 1. The van der Waals surface area contributed by atoms with Crippen molar-refractivity contribution >= 4 is 35.1 Å². The van der Waals surface area contributed by atoms with Gasteiger partial charge >= 0.3 is 12.0 Å². The number of nitrogens with one attached hydrogen (secondary N) is 1. The second kappa shape index (κ2) is 5.65. The number of urea groups is 1. The number of aryl methyl sites for hydroxylation is 1. The number of amides is 2. The van der Waals surface area contributed by atoms with Crippen LogP contribution in [-0.4, -0.2) is 39.7 Å². The zero-order valence-corrected chi connectivity index (χ0v) is 12.5. The van der Waals surface area contributed by atoms with Crippen LogP contribution in [-0.2, 0) is 11.2 Å². The van der Waals surface area contributed by atoms with Gasteiger partial charge in [0, 0.05) is 10.6 Å². The molecule has 0 aromatic carbocycles. The average Bonchev–Trinajstić information content (AvgIpc) is 3.08. The largest absolute Gasteiger partial charge is 0.480 e. The van der Waals surface area contributed by atoms with Crippen LogP contribution in [0.15, 0.2) is 11.4 Å². The van der Waals surface area contributed by atoms with E-state index in [1.54, 1.807) is 11.3 Å². The second-order valence-corrected chi connectivity index (χ2v) is 7.02. The molecule has 3 rings (SSSR count). The first-order valence-electron chi connectivity index (χ1n) is 6.61. The summed E-state index contributed by atoms with van der Waals surface area (Å²) in [5.74, 6) is -0.00613. The fourth-order valence-corrected chi connectivity index (χ4v) is 4.85. The van der Waals surface area contributed by atoms with Crippen LogP contribution < -0.4 is 5.32 Å². The van der Waals surface area contributed by atoms with Crippen molar-refractivity contribution in [3.8, 4) is 0 Å². The van der Waals surface area contributed by atoms with Gasteiger partial charge < -0.3 is 15.3 Å². The summed E-state index contributed by atoms with van der Waals surface area (Å²) in [4.78, 5) is 26.2. The SMILES string of the molecule is O=C(O)[C@@H]1CSCN1C(=O)NC1CCCc2sccc21. The highest BCUT2D eigenvalue weighted by molar-refractivity contribution is 7.99. The minimum Gasteiger partial charge on any atom is -0.480 e. The van der Waals surface area contributed by atoms with Crippen LogP contribution in [0.3, 0.4) is 0 Å². The molecule has 1 unspecified atom stereocenters. The van der Waals surface area contributed by atoms with E-state index < -0.39 is 12.0 Å². The van der Waals surface area contributed by atoms with E-state index in [-0.39, 0.29) is 12.1 Å². The molecule has 7 heteroatoms. The molecule has 2 N–H and O–H groups in total. The standard InChI is InChI=1S/C13H16N2O3S2/c16-12(17)10-6-19-7-15(10)13(18)14-9-2-1-3-11-8(9)4-5-20-11/h4-5,9-10H,1-3,6-7H2,(H,14,18)(H,16,17)/t9?,10-/m0/s1. The molecule has 1 aliphatic heterocycles. The molecule has 1 aromatic rings. The smallest absolute Gasteiger partial charge is 0.327 e. The van der Waals surface area contributed by atoms with Crippen LogP contribution in [0.4, 0.5) is 4.79 Å². The fraction of sp³-hybridized carbons (Fsp3) is 0.538. The van der Waals surface area contributed by atoms with Crippen LogP contribution in [0.2, 0.25) is 0 Å². The Morgan fingerprint density at radius 1 is 1.45 bits per heavy atom. The first kappa shape index (κ1) is 13.8. The molecule has 0 saturated carbocycles. The molecule has 108 valence electrons. The number of carboxylic acid groups (broad SMARTS) is 1. The molecule has 1 aliphatic carbocycles. The monoisotopic (exact) mass is 312 g/mol. The van der Waals surface area contributed by atoms with Gasteiger partial charge in [0.1, 0.15) is 6.04 Å². The lowest BCUT2D eigenvalue weighted by Crippen LogP contribution is -2.48. The number of rotatable bonds is 2. The normalized spacial score (nSPS) is 25.3. The summed E-state index contributed by atoms with van der Waals surface area (Å²) in [5, 5.41) is 14.2.